The number of thiophene rings is 1. The Bertz CT molecular complexity index is 608. The number of hydrogen-bond acceptors (Lipinski definition) is 4. The summed E-state index contributed by atoms with van der Waals surface area (Å²) in [5.74, 6) is 1.27. The van der Waals surface area contributed by atoms with Crippen LogP contribution in [0, 0.1) is 6.92 Å². The van der Waals surface area contributed by atoms with Gasteiger partial charge in [0, 0.05) is 23.1 Å². The molecule has 4 nitrogen and oxygen atoms in total. The molecule has 1 aromatic heterocycles. The molecule has 0 aliphatic carbocycles. The normalized spacial score (nSPS) is 10.2. The number of benzene rings is 1. The van der Waals surface area contributed by atoms with Crippen molar-refractivity contribution in [1.29, 1.82) is 0 Å². The number of methoxy groups -OCH3 is 2. The lowest BCUT2D eigenvalue weighted by Crippen LogP contribution is -2.13. The van der Waals surface area contributed by atoms with E-state index in [2.05, 4.69) is 5.32 Å². The second kappa shape index (κ2) is 7.13. The Labute approximate surface area is 128 Å². The Kier molecular flexibility index (Phi) is 5.22. The quantitative estimate of drug-likeness (QED) is 0.886. The number of aryl methyl sites for hydroxylation is 2. The minimum absolute atomic E-state index is 0.00119. The van der Waals surface area contributed by atoms with E-state index in [-0.39, 0.29) is 5.91 Å². The van der Waals surface area contributed by atoms with E-state index in [1.807, 2.05) is 30.5 Å². The largest absolute Gasteiger partial charge is 0.493 e. The Morgan fingerprint density at radius 1 is 1.24 bits per heavy atom. The van der Waals surface area contributed by atoms with E-state index in [1.165, 1.54) is 4.88 Å². The van der Waals surface area contributed by atoms with Crippen LogP contribution in [0.1, 0.15) is 16.9 Å². The van der Waals surface area contributed by atoms with E-state index in [4.69, 9.17) is 9.47 Å². The van der Waals surface area contributed by atoms with E-state index in [0.29, 0.717) is 17.9 Å². The van der Waals surface area contributed by atoms with Crippen molar-refractivity contribution < 1.29 is 14.3 Å². The average Bonchev–Trinajstić information content (AvgIpc) is 3.00. The molecule has 21 heavy (non-hydrogen) atoms. The van der Waals surface area contributed by atoms with Gasteiger partial charge in [0.2, 0.25) is 5.91 Å². The molecule has 0 saturated heterocycles. The highest BCUT2D eigenvalue weighted by Gasteiger charge is 2.11. The summed E-state index contributed by atoms with van der Waals surface area (Å²) in [6, 6.07) is 7.68. The second-order valence-electron chi connectivity index (χ2n) is 4.65. The van der Waals surface area contributed by atoms with Crippen molar-refractivity contribution in [2.45, 2.75) is 19.8 Å². The first-order chi connectivity index (χ1) is 10.1. The lowest BCUT2D eigenvalue weighted by atomic mass is 10.1. The summed E-state index contributed by atoms with van der Waals surface area (Å²) < 4.78 is 10.5. The van der Waals surface area contributed by atoms with Crippen molar-refractivity contribution in [3.05, 3.63) is 40.1 Å². The van der Waals surface area contributed by atoms with E-state index in [1.54, 1.807) is 31.6 Å². The van der Waals surface area contributed by atoms with Crippen LogP contribution in [-0.2, 0) is 11.2 Å². The van der Waals surface area contributed by atoms with Gasteiger partial charge in [-0.25, -0.2) is 0 Å². The van der Waals surface area contributed by atoms with E-state index >= 15 is 0 Å². The van der Waals surface area contributed by atoms with Gasteiger partial charge in [-0.15, -0.1) is 11.3 Å². The molecule has 1 heterocycles. The van der Waals surface area contributed by atoms with Gasteiger partial charge >= 0.3 is 0 Å². The van der Waals surface area contributed by atoms with Gasteiger partial charge in [0.05, 0.1) is 14.2 Å². The minimum atomic E-state index is -0.00119. The summed E-state index contributed by atoms with van der Waals surface area (Å²) in [6.45, 7) is 1.93. The molecule has 0 unspecified atom stereocenters. The molecule has 1 N–H and O–H groups in total. The van der Waals surface area contributed by atoms with Crippen molar-refractivity contribution >= 4 is 22.9 Å². The molecule has 2 rings (SSSR count). The lowest BCUT2D eigenvalue weighted by molar-refractivity contribution is -0.116. The molecule has 0 spiro atoms. The van der Waals surface area contributed by atoms with Crippen LogP contribution in [0.25, 0.3) is 0 Å². The predicted octanol–water partition coefficient (Wildman–Crippen LogP) is 3.65. The van der Waals surface area contributed by atoms with Crippen molar-refractivity contribution in [1.82, 2.24) is 0 Å². The fourth-order valence-electron chi connectivity index (χ4n) is 2.02. The van der Waals surface area contributed by atoms with E-state index in [0.717, 1.165) is 17.7 Å². The van der Waals surface area contributed by atoms with Crippen LogP contribution in [0.2, 0.25) is 0 Å². The van der Waals surface area contributed by atoms with Crippen LogP contribution in [0.3, 0.4) is 0 Å². The smallest absolute Gasteiger partial charge is 0.224 e. The number of ether oxygens (including phenoxy) is 2. The van der Waals surface area contributed by atoms with Gasteiger partial charge in [0.25, 0.3) is 0 Å². The van der Waals surface area contributed by atoms with Crippen molar-refractivity contribution in [2.75, 3.05) is 19.5 Å². The predicted molar refractivity (Wildman–Crippen MR) is 85.6 cm³/mol. The zero-order valence-corrected chi connectivity index (χ0v) is 13.3. The molecule has 0 aliphatic heterocycles. The average molecular weight is 305 g/mol. The van der Waals surface area contributed by atoms with Gasteiger partial charge in [-0.05, 0) is 36.4 Å². The van der Waals surface area contributed by atoms with Crippen LogP contribution >= 0.6 is 11.3 Å². The molecular formula is C16H19NO3S. The Morgan fingerprint density at radius 2 is 1.95 bits per heavy atom. The Hall–Kier alpha value is -2.01. The maximum Gasteiger partial charge on any atom is 0.224 e. The molecule has 1 aromatic carbocycles. The SMILES string of the molecule is COc1cc(C)c(NC(=O)CCc2cccs2)cc1OC. The highest BCUT2D eigenvalue weighted by Crippen LogP contribution is 2.32. The van der Waals surface area contributed by atoms with Crippen LogP contribution in [-0.4, -0.2) is 20.1 Å². The number of rotatable bonds is 6. The fraction of sp³-hybridized carbons (Fsp3) is 0.312. The van der Waals surface area contributed by atoms with E-state index < -0.39 is 0 Å². The van der Waals surface area contributed by atoms with Gasteiger partial charge in [0.1, 0.15) is 0 Å². The first kappa shape index (κ1) is 15.4. The molecule has 0 bridgehead atoms. The third-order valence-electron chi connectivity index (χ3n) is 3.18. The van der Waals surface area contributed by atoms with Gasteiger partial charge in [-0.3, -0.25) is 4.79 Å². The monoisotopic (exact) mass is 305 g/mol. The van der Waals surface area contributed by atoms with Gasteiger partial charge in [-0.1, -0.05) is 6.07 Å². The molecule has 0 atom stereocenters. The van der Waals surface area contributed by atoms with E-state index in [9.17, 15) is 4.79 Å². The third-order valence-corrected chi connectivity index (χ3v) is 4.12. The fourth-order valence-corrected chi connectivity index (χ4v) is 2.73. The first-order valence-corrected chi connectivity index (χ1v) is 7.57. The van der Waals surface area contributed by atoms with Crippen molar-refractivity contribution in [3.8, 4) is 11.5 Å². The van der Waals surface area contributed by atoms with Gasteiger partial charge in [-0.2, -0.15) is 0 Å². The summed E-state index contributed by atoms with van der Waals surface area (Å²) in [4.78, 5) is 13.3. The summed E-state index contributed by atoms with van der Waals surface area (Å²) in [5, 5.41) is 4.95. The zero-order chi connectivity index (χ0) is 15.2. The maximum absolute atomic E-state index is 12.0. The standard InChI is InChI=1S/C16H19NO3S/c1-11-9-14(19-2)15(20-3)10-13(11)17-16(18)7-6-12-5-4-8-21-12/h4-5,8-10H,6-7H2,1-3H3,(H,17,18). The number of anilines is 1. The van der Waals surface area contributed by atoms with Crippen molar-refractivity contribution in [2.24, 2.45) is 0 Å². The maximum atomic E-state index is 12.0. The van der Waals surface area contributed by atoms with Crippen LogP contribution < -0.4 is 14.8 Å². The van der Waals surface area contributed by atoms with Crippen LogP contribution in [0.15, 0.2) is 29.6 Å². The number of carbonyl (C=O) groups is 1. The summed E-state index contributed by atoms with van der Waals surface area (Å²) in [7, 11) is 3.17. The lowest BCUT2D eigenvalue weighted by Gasteiger charge is -2.13. The molecule has 112 valence electrons. The molecule has 0 saturated carbocycles. The minimum Gasteiger partial charge on any atom is -0.493 e. The second-order valence-corrected chi connectivity index (χ2v) is 5.68. The zero-order valence-electron chi connectivity index (χ0n) is 12.4. The molecule has 0 fully saturated rings. The summed E-state index contributed by atoms with van der Waals surface area (Å²) in [5.41, 5.74) is 1.70. The highest BCUT2D eigenvalue weighted by atomic mass is 32.1. The number of amides is 1. The first-order valence-electron chi connectivity index (χ1n) is 6.69. The van der Waals surface area contributed by atoms with Crippen LogP contribution in [0.5, 0.6) is 11.5 Å². The third kappa shape index (κ3) is 3.98. The number of nitrogens with one attached hydrogen (secondary N) is 1. The molecular weight excluding hydrogens is 286 g/mol. The van der Waals surface area contributed by atoms with Crippen molar-refractivity contribution in [3.63, 3.8) is 0 Å². The summed E-state index contributed by atoms with van der Waals surface area (Å²) in [6.07, 6.45) is 1.23. The molecule has 5 heteroatoms. The molecule has 2 aromatic rings. The number of hydrogen-bond donors (Lipinski definition) is 1. The number of carbonyl (C=O) groups excluding carboxylic acids is 1. The summed E-state index contributed by atoms with van der Waals surface area (Å²) >= 11 is 1.67. The molecule has 1 amide bonds. The topological polar surface area (TPSA) is 47.6 Å². The molecule has 0 aliphatic rings. The van der Waals surface area contributed by atoms with Gasteiger partial charge < -0.3 is 14.8 Å². The Balaban J connectivity index is 2.03. The molecule has 0 radical (unpaired) electrons. The van der Waals surface area contributed by atoms with Gasteiger partial charge in [0.15, 0.2) is 11.5 Å². The van der Waals surface area contributed by atoms with Crippen LogP contribution in [0.4, 0.5) is 5.69 Å². The Morgan fingerprint density at radius 3 is 2.57 bits per heavy atom. The highest BCUT2D eigenvalue weighted by molar-refractivity contribution is 7.09.